The van der Waals surface area contributed by atoms with E-state index < -0.39 is 9.84 Å². The Morgan fingerprint density at radius 2 is 0.714 bits per heavy atom. The lowest BCUT2D eigenvalue weighted by Crippen LogP contribution is -2.35. The third kappa shape index (κ3) is 20.0. The van der Waals surface area contributed by atoms with Gasteiger partial charge in [0.15, 0.2) is 30.3 Å². The summed E-state index contributed by atoms with van der Waals surface area (Å²) in [5, 5.41) is 9.77. The van der Waals surface area contributed by atoms with Crippen molar-refractivity contribution in [3.63, 3.8) is 0 Å². The molecule has 632 valence electrons. The number of hydrogen-bond donors (Lipinski definition) is 3. The Morgan fingerprint density at radius 1 is 0.437 bits per heavy atom. The zero-order valence-corrected chi connectivity index (χ0v) is 77.3. The minimum atomic E-state index is -3.71. The number of nitrogens with one attached hydrogen (secondary N) is 2. The molecule has 8 aromatic rings. The minimum absolute atomic E-state index is 0.00596. The largest absolute Gasteiger partial charge is 0.375 e. The highest BCUT2D eigenvalue weighted by Crippen LogP contribution is 2.48. The Balaban J connectivity index is 0.000000129. The Kier molecular flexibility index (Phi) is 27.4. The van der Waals surface area contributed by atoms with Crippen LogP contribution in [-0.4, -0.2) is 175 Å². The van der Waals surface area contributed by atoms with Gasteiger partial charge in [-0.3, -0.25) is 38.4 Å². The second-order valence-corrected chi connectivity index (χ2v) is 40.7. The third-order valence-electron chi connectivity index (χ3n) is 22.9. The molecule has 10 aliphatic rings. The summed E-state index contributed by atoms with van der Waals surface area (Å²) >= 11 is 31.1. The summed E-state index contributed by atoms with van der Waals surface area (Å²) in [4.78, 5) is 143. The Morgan fingerprint density at radius 3 is 1.03 bits per heavy atom. The van der Waals surface area contributed by atoms with Crippen LogP contribution in [-0.2, 0) is 56.9 Å². The molecule has 0 saturated heterocycles. The summed E-state index contributed by atoms with van der Waals surface area (Å²) in [6.07, 6.45) is 18.9. The van der Waals surface area contributed by atoms with Crippen molar-refractivity contribution < 1.29 is 46.8 Å². The molecule has 0 bridgehead atoms. The molecule has 18 rings (SSSR count). The van der Waals surface area contributed by atoms with Crippen LogP contribution in [0.25, 0.3) is 31.7 Å². The maximum absolute atomic E-state index is 13.0. The summed E-state index contributed by atoms with van der Waals surface area (Å²) in [7, 11) is -3.71. The molecule has 5 saturated carbocycles. The second-order valence-electron chi connectivity index (χ2n) is 31.7. The van der Waals surface area contributed by atoms with Crippen LogP contribution >= 0.6 is 116 Å². The summed E-state index contributed by atoms with van der Waals surface area (Å²) in [6, 6.07) is 10.7. The van der Waals surface area contributed by atoms with Crippen molar-refractivity contribution in [2.24, 2.45) is 29.6 Å². The number of sulfone groups is 1. The number of thiazole rings is 3. The van der Waals surface area contributed by atoms with Crippen molar-refractivity contribution in [3.05, 3.63) is 119 Å². The Labute approximate surface area is 737 Å². The third-order valence-corrected chi connectivity index (χ3v) is 29.8. The zero-order valence-electron chi connectivity index (χ0n) is 68.6. The molecule has 8 aromatic heterocycles. The molecular formula is C82H94Cl4N16O10S7. The number of halogens is 4. The van der Waals surface area contributed by atoms with Gasteiger partial charge >= 0.3 is 0 Å². The van der Waals surface area contributed by atoms with Crippen LogP contribution in [0.3, 0.4) is 0 Å². The van der Waals surface area contributed by atoms with Crippen molar-refractivity contribution in [3.8, 4) is 31.7 Å². The highest BCUT2D eigenvalue weighted by Gasteiger charge is 2.46. The van der Waals surface area contributed by atoms with Gasteiger partial charge in [-0.15, -0.1) is 35.3 Å². The normalized spacial score (nSPS) is 18.0. The highest BCUT2D eigenvalue weighted by atomic mass is 35.5. The van der Waals surface area contributed by atoms with Gasteiger partial charge in [0.25, 0.3) is 29.5 Å². The molecule has 4 N–H and O–H groups in total. The number of carbonyl (C=O) groups is 8. The van der Waals surface area contributed by atoms with E-state index in [1.165, 1.54) is 141 Å². The van der Waals surface area contributed by atoms with E-state index in [4.69, 9.17) is 50.5 Å². The molecule has 5 fully saturated rings. The molecule has 0 spiro atoms. The SMILES string of the molecule is CC(=O)Cl.CC(=O)Nc1nc(C)c(-c2cc3c(c(S(C)(=O)=O)n2)C(=O)N([C@@H](C)C2CC2)C3)s1.CSc1nc(-c2sc(N)nc2C)cc2c1C(=O)N([C@@H](C)C1CC1)C2.CSc1nc(-c2sc(NC(C)=O)nc2C)cc2c1C(=O)N([C@@H](C)C1CC1)C2.CSc1nc(Cl)cc2c1C(=O)N([C@@H](C)C1CC1)C2.C[C@@H](C1CC1)N1Cc2cc(Cl)nc(Cl)c2C1=O. The van der Waals surface area contributed by atoms with E-state index in [2.05, 4.69) is 79.8 Å². The van der Waals surface area contributed by atoms with Crippen LogP contribution in [0.2, 0.25) is 15.5 Å². The predicted molar refractivity (Wildman–Crippen MR) is 472 cm³/mol. The molecule has 5 atom stereocenters. The standard InChI is InChI=1S/C19H22N4O4S2.C19H22N4O2S2.C17H20N4OS2.C13H15ClN2OS.C12H12Cl2N2O.C2H3ClO/c1-9-16(28-19(20-9)21-11(3)24)14-7-13-8-23(10(2)12-5-6-12)18(25)15(13)17(22-14)29(4,26)27;1-9-16(27-19(20-9)21-11(3)24)14-7-13-8-23(10(2)12-5-6-12)18(25)15(13)17(22-14)26-4;1-8-14(24-17(18)19-8)12-6-11-7-21(9(2)10-4-5-10)16(22)13(11)15(20-12)23-3;1-7(8-3-4-8)16-6-9-5-10(14)15-12(18-2)11(9)13(16)17;1-6(7-2-3-7)16-5-8-4-9(13)15-11(14)10(8)12(16)17;1-2(3)4/h7,10,12H,5-6,8H2,1-4H3,(H,20,21,24);7,10,12H,5-6,8H2,1-4H3,(H,20,21,24);6,9-10H,4-5,7H2,1-3H3,(H2,18,19);5,7-8H,3-4,6H2,1-2H3;4,6-7H,2-3,5H2,1H3;1H3/t2*10-;9-;7-;6-;/m00000./s1. The monoisotopic (exact) mass is 1830 g/mol. The first kappa shape index (κ1) is 89.3. The molecule has 0 aromatic carbocycles. The van der Waals surface area contributed by atoms with Gasteiger partial charge in [0.2, 0.25) is 17.1 Å². The molecule has 0 unspecified atom stereocenters. The van der Waals surface area contributed by atoms with Crippen LogP contribution in [0.4, 0.5) is 15.4 Å². The van der Waals surface area contributed by atoms with Crippen molar-refractivity contribution in [2.45, 2.75) is 223 Å². The van der Waals surface area contributed by atoms with Crippen LogP contribution in [0, 0.1) is 50.4 Å². The lowest BCUT2D eigenvalue weighted by molar-refractivity contribution is -0.115. The first-order valence-electron chi connectivity index (χ1n) is 39.3. The molecule has 13 heterocycles. The molecule has 26 nitrogen and oxygen atoms in total. The zero-order chi connectivity index (χ0) is 86.0. The van der Waals surface area contributed by atoms with E-state index in [0.29, 0.717) is 127 Å². The molecule has 37 heteroatoms. The van der Waals surface area contributed by atoms with Crippen molar-refractivity contribution >= 4 is 188 Å². The average molecular weight is 1830 g/mol. The second kappa shape index (κ2) is 36.5. The molecule has 0 radical (unpaired) electrons. The van der Waals surface area contributed by atoms with Gasteiger partial charge in [-0.2, -0.15) is 0 Å². The summed E-state index contributed by atoms with van der Waals surface area (Å²) in [6.45, 7) is 23.4. The number of carbonyl (C=O) groups excluding carboxylic acids is 8. The molecular weight excluding hydrogens is 1740 g/mol. The van der Waals surface area contributed by atoms with E-state index in [9.17, 15) is 46.8 Å². The molecule has 5 aliphatic heterocycles. The van der Waals surface area contributed by atoms with Crippen molar-refractivity contribution in [1.82, 2.24) is 64.4 Å². The quantitative estimate of drug-likeness (QED) is 0.0384. The van der Waals surface area contributed by atoms with E-state index in [0.717, 1.165) is 106 Å². The molecule has 7 amide bonds. The van der Waals surface area contributed by atoms with Gasteiger partial charge in [0.1, 0.15) is 30.5 Å². The Bertz CT molecular complexity index is 5530. The highest BCUT2D eigenvalue weighted by molar-refractivity contribution is 7.99. The van der Waals surface area contributed by atoms with Gasteiger partial charge in [-0.05, 0) is 238 Å². The van der Waals surface area contributed by atoms with Crippen LogP contribution in [0.1, 0.15) is 216 Å². The van der Waals surface area contributed by atoms with E-state index in [1.807, 2.05) is 77.3 Å². The first-order valence-corrected chi connectivity index (χ1v) is 48.8. The summed E-state index contributed by atoms with van der Waals surface area (Å²) in [5.74, 6) is 2.82. The van der Waals surface area contributed by atoms with Gasteiger partial charge < -0.3 is 40.9 Å². The lowest BCUT2D eigenvalue weighted by atomic mass is 10.1. The fourth-order valence-corrected chi connectivity index (χ4v) is 22.0. The molecule has 119 heavy (non-hydrogen) atoms. The summed E-state index contributed by atoms with van der Waals surface area (Å²) < 4.78 is 25.0. The van der Waals surface area contributed by atoms with Crippen molar-refractivity contribution in [1.29, 1.82) is 0 Å². The minimum Gasteiger partial charge on any atom is -0.375 e. The number of nitrogen functional groups attached to an aromatic ring is 1. The van der Waals surface area contributed by atoms with Gasteiger partial charge in [-0.1, -0.05) is 68.8 Å². The van der Waals surface area contributed by atoms with E-state index >= 15 is 0 Å². The fraction of sp³-hybridized carbons (Fsp3) is 0.488. The number of nitrogens with zero attached hydrogens (tertiary/aromatic N) is 13. The average Bonchev–Trinajstić information content (AvgIpc) is 1.61. The number of aryl methyl sites for hydroxylation is 3. The number of rotatable bonds is 19. The number of thioether (sulfide) groups is 3. The van der Waals surface area contributed by atoms with Crippen molar-refractivity contribution in [2.75, 3.05) is 41.4 Å². The summed E-state index contributed by atoms with van der Waals surface area (Å²) in [5.41, 5.74) is 18.1. The topological polar surface area (TPSA) is 340 Å². The number of nitrogens with two attached hydrogens (primary N) is 1. The van der Waals surface area contributed by atoms with Gasteiger partial charge in [-0.25, -0.2) is 48.3 Å². The van der Waals surface area contributed by atoms with Crippen LogP contribution < -0.4 is 16.4 Å². The van der Waals surface area contributed by atoms with E-state index in [1.54, 1.807) is 24.0 Å². The van der Waals surface area contributed by atoms with Gasteiger partial charge in [0, 0.05) is 90.0 Å². The number of fused-ring (bicyclic) bond motifs is 5. The first-order chi connectivity index (χ1) is 56.4. The lowest BCUT2D eigenvalue weighted by Gasteiger charge is -2.23. The van der Waals surface area contributed by atoms with Crippen LogP contribution in [0.15, 0.2) is 50.4 Å². The number of aromatic nitrogens is 8. The van der Waals surface area contributed by atoms with Crippen LogP contribution in [0.5, 0.6) is 0 Å². The maximum atomic E-state index is 13.0. The van der Waals surface area contributed by atoms with E-state index in [-0.39, 0.29) is 80.5 Å². The Hall–Kier alpha value is -7.44. The number of anilines is 3. The smallest absolute Gasteiger partial charge is 0.257 e. The number of hydrogen-bond acceptors (Lipinski definition) is 25. The predicted octanol–water partition coefficient (Wildman–Crippen LogP) is 17.3. The fourth-order valence-electron chi connectivity index (χ4n) is 15.7. The number of pyridine rings is 5. The maximum Gasteiger partial charge on any atom is 0.257 e. The number of amides is 7. The van der Waals surface area contributed by atoms with Gasteiger partial charge in [0.05, 0.1) is 76.6 Å². The molecule has 5 aliphatic carbocycles.